The van der Waals surface area contributed by atoms with Gasteiger partial charge in [-0.15, -0.1) is 0 Å². The van der Waals surface area contributed by atoms with Crippen molar-refractivity contribution in [2.75, 3.05) is 0 Å². The first-order valence-corrected chi connectivity index (χ1v) is 14.0. The van der Waals surface area contributed by atoms with Crippen LogP contribution in [0.2, 0.25) is 0 Å². The topological polar surface area (TPSA) is 0 Å². The van der Waals surface area contributed by atoms with Gasteiger partial charge < -0.3 is 0 Å². The fourth-order valence-corrected chi connectivity index (χ4v) is 6.24. The molecule has 0 aliphatic carbocycles. The first-order valence-electron chi connectivity index (χ1n) is 14.0. The zero-order valence-electron chi connectivity index (χ0n) is 22.9. The van der Waals surface area contributed by atoms with Crippen molar-refractivity contribution in [1.82, 2.24) is 0 Å². The third kappa shape index (κ3) is 4.01. The van der Waals surface area contributed by atoms with Crippen molar-refractivity contribution in [3.63, 3.8) is 0 Å². The van der Waals surface area contributed by atoms with E-state index in [0.29, 0.717) is 0 Å². The highest BCUT2D eigenvalue weighted by Gasteiger charge is 2.19. The molecule has 0 fully saturated rings. The van der Waals surface area contributed by atoms with Gasteiger partial charge in [0.1, 0.15) is 0 Å². The Balaban J connectivity index is 1.63. The summed E-state index contributed by atoms with van der Waals surface area (Å²) in [6.07, 6.45) is 0. The molecule has 0 bridgehead atoms. The minimum Gasteiger partial charge on any atom is -0.0622 e. The van der Waals surface area contributed by atoms with Gasteiger partial charge in [-0.1, -0.05) is 140 Å². The molecule has 7 rings (SSSR count). The van der Waals surface area contributed by atoms with Crippen LogP contribution < -0.4 is 0 Å². The maximum Gasteiger partial charge on any atom is -0.00235 e. The molecule has 0 heterocycles. The molecule has 0 radical (unpaired) electrons. The number of hydrogen-bond acceptors (Lipinski definition) is 0. The standard InChI is InChI=1S/C40H30/c1-27-14-6-8-18-31(27)39-35-22-12-13-23-36(35)40(32-19-9-7-15-28(32)2)38-26-30(24-25-37(38)39)34-21-11-10-20-33(34)29-16-4-3-5-17-29/h3-26H,1-2H3. The second-order valence-corrected chi connectivity index (χ2v) is 10.6. The predicted octanol–water partition coefficient (Wildman–Crippen LogP) is 11.3. The SMILES string of the molecule is Cc1ccccc1-c1c2ccccc2c(-c2ccccc2C)c2cc(-c3ccccc3-c3ccccc3)ccc12. The highest BCUT2D eigenvalue weighted by molar-refractivity contribution is 6.22. The van der Waals surface area contributed by atoms with Crippen LogP contribution in [-0.4, -0.2) is 0 Å². The monoisotopic (exact) mass is 510 g/mol. The van der Waals surface area contributed by atoms with E-state index < -0.39 is 0 Å². The van der Waals surface area contributed by atoms with E-state index in [1.54, 1.807) is 0 Å². The fraction of sp³-hybridized carbons (Fsp3) is 0.0500. The van der Waals surface area contributed by atoms with Gasteiger partial charge in [-0.2, -0.15) is 0 Å². The molecule has 0 nitrogen and oxygen atoms in total. The van der Waals surface area contributed by atoms with Crippen molar-refractivity contribution >= 4 is 21.5 Å². The number of fused-ring (bicyclic) bond motifs is 2. The van der Waals surface area contributed by atoms with Crippen molar-refractivity contribution in [2.24, 2.45) is 0 Å². The summed E-state index contributed by atoms with van der Waals surface area (Å²) < 4.78 is 0. The van der Waals surface area contributed by atoms with Gasteiger partial charge in [-0.05, 0) is 97.1 Å². The van der Waals surface area contributed by atoms with E-state index in [-0.39, 0.29) is 0 Å². The van der Waals surface area contributed by atoms with E-state index in [1.807, 2.05) is 0 Å². The van der Waals surface area contributed by atoms with Crippen LogP contribution in [0.25, 0.3) is 66.1 Å². The van der Waals surface area contributed by atoms with Crippen molar-refractivity contribution in [3.05, 3.63) is 157 Å². The second kappa shape index (κ2) is 9.98. The lowest BCUT2D eigenvalue weighted by atomic mass is 9.82. The zero-order valence-corrected chi connectivity index (χ0v) is 22.9. The summed E-state index contributed by atoms with van der Waals surface area (Å²) in [5, 5.41) is 5.15. The van der Waals surface area contributed by atoms with E-state index in [0.717, 1.165) is 0 Å². The maximum atomic E-state index is 2.42. The van der Waals surface area contributed by atoms with E-state index in [9.17, 15) is 0 Å². The largest absolute Gasteiger partial charge is 0.0622 e. The molecule has 0 aliphatic rings. The van der Waals surface area contributed by atoms with Crippen molar-refractivity contribution in [2.45, 2.75) is 13.8 Å². The van der Waals surface area contributed by atoms with Crippen LogP contribution in [-0.2, 0) is 0 Å². The Hall–Kier alpha value is -4.94. The third-order valence-electron chi connectivity index (χ3n) is 8.18. The van der Waals surface area contributed by atoms with E-state index >= 15 is 0 Å². The minimum absolute atomic E-state index is 1.23. The van der Waals surface area contributed by atoms with Gasteiger partial charge in [0.25, 0.3) is 0 Å². The average Bonchev–Trinajstić information content (AvgIpc) is 3.01. The molecule has 0 saturated carbocycles. The molecule has 0 aromatic heterocycles. The predicted molar refractivity (Wildman–Crippen MR) is 173 cm³/mol. The molecular formula is C40H30. The summed E-state index contributed by atoms with van der Waals surface area (Å²) in [5.41, 5.74) is 12.7. The zero-order chi connectivity index (χ0) is 27.1. The molecule has 40 heavy (non-hydrogen) atoms. The molecule has 0 spiro atoms. The van der Waals surface area contributed by atoms with Gasteiger partial charge in [0.05, 0.1) is 0 Å². The molecule has 0 aliphatic heterocycles. The molecule has 190 valence electrons. The normalized spacial score (nSPS) is 11.2. The summed E-state index contributed by atoms with van der Waals surface area (Å²) >= 11 is 0. The smallest absolute Gasteiger partial charge is 0.00235 e. The quantitative estimate of drug-likeness (QED) is 0.207. The molecule has 0 atom stereocenters. The van der Waals surface area contributed by atoms with E-state index in [2.05, 4.69) is 159 Å². The second-order valence-electron chi connectivity index (χ2n) is 10.6. The van der Waals surface area contributed by atoms with Gasteiger partial charge in [0, 0.05) is 0 Å². The minimum atomic E-state index is 1.23. The highest BCUT2D eigenvalue weighted by atomic mass is 14.2. The van der Waals surface area contributed by atoms with Gasteiger partial charge in [0.2, 0.25) is 0 Å². The molecule has 0 N–H and O–H groups in total. The Morgan fingerprint density at radius 1 is 0.300 bits per heavy atom. The molecule has 7 aromatic carbocycles. The Bertz CT molecular complexity index is 2010. The van der Waals surface area contributed by atoms with Crippen LogP contribution >= 0.6 is 0 Å². The van der Waals surface area contributed by atoms with Crippen LogP contribution in [0.5, 0.6) is 0 Å². The Morgan fingerprint density at radius 3 is 1.30 bits per heavy atom. The van der Waals surface area contributed by atoms with Crippen LogP contribution in [0.15, 0.2) is 146 Å². The summed E-state index contributed by atoms with van der Waals surface area (Å²) in [6, 6.07) is 53.0. The van der Waals surface area contributed by atoms with Gasteiger partial charge in [0.15, 0.2) is 0 Å². The fourth-order valence-electron chi connectivity index (χ4n) is 6.24. The van der Waals surface area contributed by atoms with Crippen LogP contribution in [0, 0.1) is 13.8 Å². The number of aryl methyl sites for hydroxylation is 2. The summed E-state index contributed by atoms with van der Waals surface area (Å²) in [6.45, 7) is 4.44. The van der Waals surface area contributed by atoms with Crippen LogP contribution in [0.3, 0.4) is 0 Å². The van der Waals surface area contributed by atoms with Crippen molar-refractivity contribution in [1.29, 1.82) is 0 Å². The molecule has 0 amide bonds. The molecule has 0 heteroatoms. The lowest BCUT2D eigenvalue weighted by molar-refractivity contribution is 1.47. The molecule has 0 saturated heterocycles. The van der Waals surface area contributed by atoms with Gasteiger partial charge in [-0.25, -0.2) is 0 Å². The molecule has 0 unspecified atom stereocenters. The molecule has 7 aromatic rings. The first-order chi connectivity index (χ1) is 19.7. The lowest BCUT2D eigenvalue weighted by Crippen LogP contribution is -1.94. The molecular weight excluding hydrogens is 480 g/mol. The van der Waals surface area contributed by atoms with Crippen molar-refractivity contribution in [3.8, 4) is 44.5 Å². The van der Waals surface area contributed by atoms with Crippen LogP contribution in [0.4, 0.5) is 0 Å². The van der Waals surface area contributed by atoms with E-state index in [1.165, 1.54) is 77.2 Å². The number of benzene rings is 7. The number of hydrogen-bond donors (Lipinski definition) is 0. The first kappa shape index (κ1) is 24.1. The van der Waals surface area contributed by atoms with Gasteiger partial charge in [-0.3, -0.25) is 0 Å². The van der Waals surface area contributed by atoms with Crippen molar-refractivity contribution < 1.29 is 0 Å². The van der Waals surface area contributed by atoms with E-state index in [4.69, 9.17) is 0 Å². The van der Waals surface area contributed by atoms with Gasteiger partial charge >= 0.3 is 0 Å². The average molecular weight is 511 g/mol. The summed E-state index contributed by atoms with van der Waals surface area (Å²) in [5.74, 6) is 0. The third-order valence-corrected chi connectivity index (χ3v) is 8.18. The summed E-state index contributed by atoms with van der Waals surface area (Å²) in [4.78, 5) is 0. The lowest BCUT2D eigenvalue weighted by Gasteiger charge is -2.21. The summed E-state index contributed by atoms with van der Waals surface area (Å²) in [7, 11) is 0. The van der Waals surface area contributed by atoms with Crippen LogP contribution in [0.1, 0.15) is 11.1 Å². The Labute approximate surface area is 236 Å². The maximum absolute atomic E-state index is 2.42. The number of rotatable bonds is 4. The Kier molecular flexibility index (Phi) is 6.02. The Morgan fingerprint density at radius 2 is 0.725 bits per heavy atom. The highest BCUT2D eigenvalue weighted by Crippen LogP contribution is 2.46.